The lowest BCUT2D eigenvalue weighted by Gasteiger charge is -2.18. The van der Waals surface area contributed by atoms with Crippen molar-refractivity contribution in [3.8, 4) is 0 Å². The Morgan fingerprint density at radius 3 is 2.75 bits per heavy atom. The molecule has 0 fully saturated rings. The lowest BCUT2D eigenvalue weighted by molar-refractivity contribution is 0.517. The van der Waals surface area contributed by atoms with Crippen LogP contribution < -0.4 is 5.32 Å². The first kappa shape index (κ1) is 15.3. The van der Waals surface area contributed by atoms with E-state index in [9.17, 15) is 0 Å². The maximum Gasteiger partial charge on any atom is 0.0624 e. The first-order valence-corrected chi connectivity index (χ1v) is 8.32. The molecule has 2 aromatic heterocycles. The molecule has 0 aromatic carbocycles. The van der Waals surface area contributed by atoms with Crippen molar-refractivity contribution in [1.29, 1.82) is 0 Å². The summed E-state index contributed by atoms with van der Waals surface area (Å²) >= 11 is 1.85. The van der Waals surface area contributed by atoms with Gasteiger partial charge in [-0.2, -0.15) is 5.10 Å². The van der Waals surface area contributed by atoms with Crippen LogP contribution in [-0.2, 0) is 19.9 Å². The average molecular weight is 291 g/mol. The van der Waals surface area contributed by atoms with Gasteiger partial charge in [-0.05, 0) is 49.4 Å². The molecule has 0 spiro atoms. The zero-order valence-electron chi connectivity index (χ0n) is 12.9. The van der Waals surface area contributed by atoms with Crippen LogP contribution in [0.1, 0.15) is 48.1 Å². The zero-order chi connectivity index (χ0) is 14.5. The number of hydrogen-bond donors (Lipinski definition) is 1. The molecule has 1 atom stereocenters. The molecule has 1 unspecified atom stereocenters. The number of nitrogens with one attached hydrogen (secondary N) is 1. The highest BCUT2D eigenvalue weighted by Crippen LogP contribution is 2.27. The van der Waals surface area contributed by atoms with Crippen molar-refractivity contribution >= 4 is 11.3 Å². The van der Waals surface area contributed by atoms with E-state index < -0.39 is 0 Å². The van der Waals surface area contributed by atoms with Gasteiger partial charge in [-0.15, -0.1) is 11.3 Å². The highest BCUT2D eigenvalue weighted by molar-refractivity contribution is 7.10. The van der Waals surface area contributed by atoms with Gasteiger partial charge in [0.2, 0.25) is 0 Å². The Kier molecular flexibility index (Phi) is 5.38. The summed E-state index contributed by atoms with van der Waals surface area (Å²) in [6.45, 7) is 7.63. The van der Waals surface area contributed by atoms with Crippen LogP contribution in [0.4, 0.5) is 0 Å². The van der Waals surface area contributed by atoms with Gasteiger partial charge in [0, 0.05) is 30.1 Å². The van der Waals surface area contributed by atoms with Gasteiger partial charge in [-0.1, -0.05) is 13.8 Å². The second kappa shape index (κ2) is 7.04. The summed E-state index contributed by atoms with van der Waals surface area (Å²) < 4.78 is 2.03. The Morgan fingerprint density at radius 2 is 2.20 bits per heavy atom. The topological polar surface area (TPSA) is 29.9 Å². The fraction of sp³-hybridized carbons (Fsp3) is 0.562. The van der Waals surface area contributed by atoms with Crippen LogP contribution in [0.5, 0.6) is 0 Å². The molecule has 0 saturated heterocycles. The molecular weight excluding hydrogens is 266 g/mol. The van der Waals surface area contributed by atoms with Crippen LogP contribution >= 0.6 is 11.3 Å². The van der Waals surface area contributed by atoms with Crippen molar-refractivity contribution in [1.82, 2.24) is 15.1 Å². The molecule has 1 N–H and O–H groups in total. The van der Waals surface area contributed by atoms with E-state index in [1.54, 1.807) is 0 Å². The highest BCUT2D eigenvalue weighted by atomic mass is 32.1. The number of aromatic nitrogens is 2. The molecule has 4 heteroatoms. The molecule has 0 radical (unpaired) electrons. The van der Waals surface area contributed by atoms with Crippen molar-refractivity contribution in [2.45, 2.75) is 46.1 Å². The third-order valence-electron chi connectivity index (χ3n) is 3.66. The summed E-state index contributed by atoms with van der Waals surface area (Å²) in [5, 5.41) is 10.4. The van der Waals surface area contributed by atoms with Crippen LogP contribution in [0.25, 0.3) is 0 Å². The molecule has 0 aliphatic rings. The van der Waals surface area contributed by atoms with E-state index in [0.29, 0.717) is 6.04 Å². The largest absolute Gasteiger partial charge is 0.309 e. The Morgan fingerprint density at radius 1 is 1.40 bits per heavy atom. The number of rotatable bonds is 7. The Balaban J connectivity index is 2.19. The fourth-order valence-electron chi connectivity index (χ4n) is 2.46. The Bertz CT molecular complexity index is 542. The molecule has 20 heavy (non-hydrogen) atoms. The van der Waals surface area contributed by atoms with Crippen LogP contribution in [0.15, 0.2) is 17.5 Å². The standard InChI is InChI=1S/C16H25N3S/c1-5-8-17-15(16-12(3)7-9-20-16)11-14-10-13(6-2)18-19(14)4/h7,9-10,15,17H,5-6,8,11H2,1-4H3. The summed E-state index contributed by atoms with van der Waals surface area (Å²) in [7, 11) is 2.05. The van der Waals surface area contributed by atoms with E-state index in [4.69, 9.17) is 0 Å². The van der Waals surface area contributed by atoms with Crippen molar-refractivity contribution in [2.75, 3.05) is 6.54 Å². The Labute approximate surface area is 126 Å². The minimum atomic E-state index is 0.398. The summed E-state index contributed by atoms with van der Waals surface area (Å²) in [6, 6.07) is 4.85. The van der Waals surface area contributed by atoms with Crippen LogP contribution in [0.2, 0.25) is 0 Å². The maximum atomic E-state index is 4.56. The predicted octanol–water partition coefficient (Wildman–Crippen LogP) is 3.64. The zero-order valence-corrected chi connectivity index (χ0v) is 13.8. The van der Waals surface area contributed by atoms with Gasteiger partial charge in [-0.25, -0.2) is 0 Å². The van der Waals surface area contributed by atoms with E-state index in [1.165, 1.54) is 21.8 Å². The molecular formula is C16H25N3S. The van der Waals surface area contributed by atoms with Crippen LogP contribution in [-0.4, -0.2) is 16.3 Å². The molecule has 110 valence electrons. The van der Waals surface area contributed by atoms with Crippen molar-refractivity contribution in [2.24, 2.45) is 7.05 Å². The predicted molar refractivity (Wildman–Crippen MR) is 86.4 cm³/mol. The van der Waals surface area contributed by atoms with Crippen molar-refractivity contribution in [3.63, 3.8) is 0 Å². The number of nitrogens with zero attached hydrogens (tertiary/aromatic N) is 2. The number of hydrogen-bond acceptors (Lipinski definition) is 3. The van der Waals surface area contributed by atoms with E-state index in [2.05, 4.69) is 48.7 Å². The third kappa shape index (κ3) is 3.49. The summed E-state index contributed by atoms with van der Waals surface area (Å²) in [4.78, 5) is 1.46. The fourth-order valence-corrected chi connectivity index (χ4v) is 3.47. The van der Waals surface area contributed by atoms with Gasteiger partial charge >= 0.3 is 0 Å². The molecule has 0 aliphatic heterocycles. The molecule has 0 saturated carbocycles. The van der Waals surface area contributed by atoms with E-state index in [1.807, 2.05) is 23.1 Å². The highest BCUT2D eigenvalue weighted by Gasteiger charge is 2.17. The van der Waals surface area contributed by atoms with E-state index in [-0.39, 0.29) is 0 Å². The molecule has 2 aromatic rings. The number of aryl methyl sites for hydroxylation is 3. The van der Waals surface area contributed by atoms with Crippen molar-refractivity contribution < 1.29 is 0 Å². The molecule has 2 heterocycles. The third-order valence-corrected chi connectivity index (χ3v) is 4.79. The van der Waals surface area contributed by atoms with Crippen LogP contribution in [0, 0.1) is 6.92 Å². The summed E-state index contributed by atoms with van der Waals surface area (Å²) in [5.41, 5.74) is 3.88. The summed E-state index contributed by atoms with van der Waals surface area (Å²) in [6.07, 6.45) is 3.16. The van der Waals surface area contributed by atoms with Crippen LogP contribution in [0.3, 0.4) is 0 Å². The Hall–Kier alpha value is -1.13. The van der Waals surface area contributed by atoms with Gasteiger partial charge in [0.25, 0.3) is 0 Å². The van der Waals surface area contributed by atoms with Gasteiger partial charge in [-0.3, -0.25) is 4.68 Å². The number of thiophene rings is 1. The van der Waals surface area contributed by atoms with E-state index >= 15 is 0 Å². The lowest BCUT2D eigenvalue weighted by atomic mass is 10.1. The molecule has 3 nitrogen and oxygen atoms in total. The quantitative estimate of drug-likeness (QED) is 0.844. The van der Waals surface area contributed by atoms with Gasteiger partial charge in [0.15, 0.2) is 0 Å². The monoisotopic (exact) mass is 291 g/mol. The minimum Gasteiger partial charge on any atom is -0.309 e. The molecule has 2 rings (SSSR count). The SMILES string of the molecule is CCCNC(Cc1cc(CC)nn1C)c1sccc1C. The van der Waals surface area contributed by atoms with Crippen molar-refractivity contribution in [3.05, 3.63) is 39.3 Å². The minimum absolute atomic E-state index is 0.398. The van der Waals surface area contributed by atoms with E-state index in [0.717, 1.165) is 25.8 Å². The van der Waals surface area contributed by atoms with Gasteiger partial charge in [0.1, 0.15) is 0 Å². The first-order valence-electron chi connectivity index (χ1n) is 7.44. The molecule has 0 bridgehead atoms. The maximum absolute atomic E-state index is 4.56. The van der Waals surface area contributed by atoms with Gasteiger partial charge < -0.3 is 5.32 Å². The smallest absolute Gasteiger partial charge is 0.0624 e. The summed E-state index contributed by atoms with van der Waals surface area (Å²) in [5.74, 6) is 0. The molecule has 0 amide bonds. The normalized spacial score (nSPS) is 12.8. The van der Waals surface area contributed by atoms with Gasteiger partial charge in [0.05, 0.1) is 5.69 Å². The first-order chi connectivity index (χ1) is 9.65. The second-order valence-electron chi connectivity index (χ2n) is 5.28. The molecule has 0 aliphatic carbocycles. The average Bonchev–Trinajstić information content (AvgIpc) is 3.01. The second-order valence-corrected chi connectivity index (χ2v) is 6.23. The lowest BCUT2D eigenvalue weighted by Crippen LogP contribution is -2.24.